The molecule has 26 heavy (non-hydrogen) atoms. The average molecular weight is 354 g/mol. The van der Waals surface area contributed by atoms with Crippen LogP contribution in [0.25, 0.3) is 0 Å². The molecule has 136 valence electrons. The van der Waals surface area contributed by atoms with Crippen molar-refractivity contribution in [1.29, 1.82) is 0 Å². The van der Waals surface area contributed by atoms with E-state index in [9.17, 15) is 14.9 Å². The molecule has 1 aliphatic rings. The smallest absolute Gasteiger partial charge is 0.271 e. The van der Waals surface area contributed by atoms with Gasteiger partial charge < -0.3 is 10.6 Å². The first-order valence-electron chi connectivity index (χ1n) is 8.64. The van der Waals surface area contributed by atoms with Crippen molar-refractivity contribution < 1.29 is 9.72 Å². The minimum Gasteiger partial charge on any atom is -0.376 e. The lowest BCUT2D eigenvalue weighted by atomic mass is 10.2. The van der Waals surface area contributed by atoms with E-state index in [0.717, 1.165) is 26.1 Å². The number of hydrogen-bond donors (Lipinski definition) is 2. The number of nitrogens with zero attached hydrogens (tertiary/aromatic N) is 2. The molecule has 7 heteroatoms. The second-order valence-electron chi connectivity index (χ2n) is 6.43. The van der Waals surface area contributed by atoms with Crippen molar-refractivity contribution in [1.82, 2.24) is 10.2 Å². The van der Waals surface area contributed by atoms with Gasteiger partial charge in [0.05, 0.1) is 11.5 Å². The third kappa shape index (κ3) is 5.03. The SMILES string of the molecule is O=C(CNc1cccc([N+](=O)[O-])c1)N[C@@H]1CCN(Cc2ccccc2)C1. The van der Waals surface area contributed by atoms with Gasteiger partial charge in [0.25, 0.3) is 5.69 Å². The zero-order valence-corrected chi connectivity index (χ0v) is 14.4. The van der Waals surface area contributed by atoms with Gasteiger partial charge in [-0.15, -0.1) is 0 Å². The molecule has 1 heterocycles. The van der Waals surface area contributed by atoms with E-state index in [2.05, 4.69) is 27.7 Å². The first-order valence-corrected chi connectivity index (χ1v) is 8.64. The molecule has 2 aromatic carbocycles. The van der Waals surface area contributed by atoms with Gasteiger partial charge in [-0.05, 0) is 18.1 Å². The van der Waals surface area contributed by atoms with E-state index in [0.29, 0.717) is 5.69 Å². The van der Waals surface area contributed by atoms with E-state index < -0.39 is 4.92 Å². The summed E-state index contributed by atoms with van der Waals surface area (Å²) in [4.78, 5) is 24.8. The lowest BCUT2D eigenvalue weighted by Gasteiger charge is -2.17. The van der Waals surface area contributed by atoms with E-state index in [4.69, 9.17) is 0 Å². The molecule has 7 nitrogen and oxygen atoms in total. The van der Waals surface area contributed by atoms with Gasteiger partial charge >= 0.3 is 0 Å². The summed E-state index contributed by atoms with van der Waals surface area (Å²) in [5.41, 5.74) is 1.83. The maximum Gasteiger partial charge on any atom is 0.271 e. The largest absolute Gasteiger partial charge is 0.376 e. The fraction of sp³-hybridized carbons (Fsp3) is 0.316. The molecule has 0 radical (unpaired) electrons. The van der Waals surface area contributed by atoms with Crippen LogP contribution in [0, 0.1) is 10.1 Å². The number of carbonyl (C=O) groups excluding carboxylic acids is 1. The molecule has 0 unspecified atom stereocenters. The van der Waals surface area contributed by atoms with Gasteiger partial charge in [-0.2, -0.15) is 0 Å². The predicted molar refractivity (Wildman–Crippen MR) is 99.9 cm³/mol. The Labute approximate surface area is 152 Å². The van der Waals surface area contributed by atoms with E-state index in [1.165, 1.54) is 17.7 Å². The van der Waals surface area contributed by atoms with Crippen molar-refractivity contribution in [3.8, 4) is 0 Å². The molecule has 0 spiro atoms. The highest BCUT2D eigenvalue weighted by Crippen LogP contribution is 2.17. The summed E-state index contributed by atoms with van der Waals surface area (Å²) in [6, 6.07) is 16.6. The molecule has 1 saturated heterocycles. The normalized spacial score (nSPS) is 17.0. The van der Waals surface area contributed by atoms with Crippen LogP contribution in [0.4, 0.5) is 11.4 Å². The van der Waals surface area contributed by atoms with E-state index in [-0.39, 0.29) is 24.2 Å². The Hall–Kier alpha value is -2.93. The third-order valence-electron chi connectivity index (χ3n) is 4.40. The number of nitro groups is 1. The highest BCUT2D eigenvalue weighted by molar-refractivity contribution is 5.81. The maximum atomic E-state index is 12.1. The lowest BCUT2D eigenvalue weighted by Crippen LogP contribution is -2.40. The second-order valence-corrected chi connectivity index (χ2v) is 6.43. The van der Waals surface area contributed by atoms with Crippen LogP contribution < -0.4 is 10.6 Å². The van der Waals surface area contributed by atoms with Crippen LogP contribution in [-0.4, -0.2) is 41.4 Å². The van der Waals surface area contributed by atoms with Crippen molar-refractivity contribution in [3.05, 3.63) is 70.3 Å². The van der Waals surface area contributed by atoms with E-state index >= 15 is 0 Å². The number of anilines is 1. The van der Waals surface area contributed by atoms with Crippen molar-refractivity contribution in [2.24, 2.45) is 0 Å². The van der Waals surface area contributed by atoms with Crippen LogP contribution in [0.1, 0.15) is 12.0 Å². The fourth-order valence-electron chi connectivity index (χ4n) is 3.13. The number of nitro benzene ring substituents is 1. The first-order chi connectivity index (χ1) is 12.6. The number of hydrogen-bond acceptors (Lipinski definition) is 5. The Bertz CT molecular complexity index is 766. The maximum absolute atomic E-state index is 12.1. The molecule has 0 bridgehead atoms. The molecular weight excluding hydrogens is 332 g/mol. The second kappa shape index (κ2) is 8.44. The van der Waals surface area contributed by atoms with Gasteiger partial charge in [-0.3, -0.25) is 19.8 Å². The molecular formula is C19H22N4O3. The molecule has 3 rings (SSSR count). The van der Waals surface area contributed by atoms with Crippen LogP contribution in [0.2, 0.25) is 0 Å². The molecule has 1 atom stereocenters. The van der Waals surface area contributed by atoms with Crippen LogP contribution in [0.5, 0.6) is 0 Å². The van der Waals surface area contributed by atoms with Crippen molar-refractivity contribution >= 4 is 17.3 Å². The minimum absolute atomic E-state index is 0.00255. The van der Waals surface area contributed by atoms with Crippen LogP contribution in [0.15, 0.2) is 54.6 Å². The van der Waals surface area contributed by atoms with Crippen LogP contribution in [0.3, 0.4) is 0 Å². The molecule has 1 amide bonds. The zero-order chi connectivity index (χ0) is 18.4. The van der Waals surface area contributed by atoms with E-state index in [1.807, 2.05) is 18.2 Å². The Kier molecular flexibility index (Phi) is 5.80. The van der Waals surface area contributed by atoms with Crippen molar-refractivity contribution in [3.63, 3.8) is 0 Å². The van der Waals surface area contributed by atoms with Crippen LogP contribution >= 0.6 is 0 Å². The van der Waals surface area contributed by atoms with Crippen LogP contribution in [-0.2, 0) is 11.3 Å². The average Bonchev–Trinajstić information content (AvgIpc) is 3.08. The third-order valence-corrected chi connectivity index (χ3v) is 4.40. The molecule has 1 fully saturated rings. The lowest BCUT2D eigenvalue weighted by molar-refractivity contribution is -0.384. The molecule has 2 N–H and O–H groups in total. The Morgan fingerprint density at radius 1 is 1.19 bits per heavy atom. The van der Waals surface area contributed by atoms with Gasteiger partial charge in [0.15, 0.2) is 0 Å². The Morgan fingerprint density at radius 3 is 2.77 bits per heavy atom. The summed E-state index contributed by atoms with van der Waals surface area (Å²) in [6.45, 7) is 2.77. The summed E-state index contributed by atoms with van der Waals surface area (Å²) in [7, 11) is 0. The number of rotatable bonds is 7. The molecule has 2 aromatic rings. The summed E-state index contributed by atoms with van der Waals surface area (Å²) >= 11 is 0. The summed E-state index contributed by atoms with van der Waals surface area (Å²) in [5.74, 6) is -0.108. The monoisotopic (exact) mass is 354 g/mol. The number of likely N-dealkylation sites (tertiary alicyclic amines) is 1. The fourth-order valence-corrected chi connectivity index (χ4v) is 3.13. The molecule has 0 aromatic heterocycles. The number of nitrogens with one attached hydrogen (secondary N) is 2. The van der Waals surface area contributed by atoms with Crippen molar-refractivity contribution in [2.75, 3.05) is 25.0 Å². The van der Waals surface area contributed by atoms with Gasteiger partial charge in [0.1, 0.15) is 0 Å². The topological polar surface area (TPSA) is 87.5 Å². The Morgan fingerprint density at radius 2 is 2.00 bits per heavy atom. The number of amides is 1. The van der Waals surface area contributed by atoms with E-state index in [1.54, 1.807) is 12.1 Å². The van der Waals surface area contributed by atoms with Crippen molar-refractivity contribution in [2.45, 2.75) is 19.0 Å². The summed E-state index contributed by atoms with van der Waals surface area (Å²) in [6.07, 6.45) is 0.926. The molecule has 1 aliphatic heterocycles. The predicted octanol–water partition coefficient (Wildman–Crippen LogP) is 2.40. The molecule has 0 aliphatic carbocycles. The Balaban J connectivity index is 1.43. The van der Waals surface area contributed by atoms with Gasteiger partial charge in [0, 0.05) is 43.5 Å². The standard InChI is InChI=1S/C19H22N4O3/c24-19(12-20-16-7-4-8-18(11-16)23(25)26)21-17-9-10-22(14-17)13-15-5-2-1-3-6-15/h1-8,11,17,20H,9-10,12-14H2,(H,21,24)/t17-/m1/s1. The highest BCUT2D eigenvalue weighted by Gasteiger charge is 2.23. The quantitative estimate of drug-likeness (QED) is 0.589. The van der Waals surface area contributed by atoms with Gasteiger partial charge in [-0.1, -0.05) is 36.4 Å². The number of carbonyl (C=O) groups is 1. The summed E-state index contributed by atoms with van der Waals surface area (Å²) < 4.78 is 0. The minimum atomic E-state index is -0.453. The first kappa shape index (κ1) is 17.9. The highest BCUT2D eigenvalue weighted by atomic mass is 16.6. The number of benzene rings is 2. The number of non-ortho nitro benzene ring substituents is 1. The molecule has 0 saturated carbocycles. The zero-order valence-electron chi connectivity index (χ0n) is 14.4. The van der Waals surface area contributed by atoms with Gasteiger partial charge in [-0.25, -0.2) is 0 Å². The van der Waals surface area contributed by atoms with Gasteiger partial charge in [0.2, 0.25) is 5.91 Å². The summed E-state index contributed by atoms with van der Waals surface area (Å²) in [5, 5.41) is 16.7.